The van der Waals surface area contributed by atoms with Crippen LogP contribution in [0.3, 0.4) is 0 Å². The van der Waals surface area contributed by atoms with Crippen molar-refractivity contribution in [1.29, 1.82) is 0 Å². The number of carbonyl (C=O) groups is 1. The Morgan fingerprint density at radius 1 is 1.32 bits per heavy atom. The summed E-state index contributed by atoms with van der Waals surface area (Å²) in [6, 6.07) is 7.80. The highest BCUT2D eigenvalue weighted by atomic mass is 16.5. The molecule has 1 heterocycles. The van der Waals surface area contributed by atoms with Gasteiger partial charge >= 0.3 is 0 Å². The number of morpholine rings is 1. The van der Waals surface area contributed by atoms with Gasteiger partial charge in [-0.3, -0.25) is 4.79 Å². The molecule has 1 aliphatic heterocycles. The van der Waals surface area contributed by atoms with Crippen molar-refractivity contribution in [1.82, 2.24) is 4.90 Å². The minimum Gasteiger partial charge on any atom is -0.378 e. The lowest BCUT2D eigenvalue weighted by Crippen LogP contribution is -2.44. The van der Waals surface area contributed by atoms with Crippen LogP contribution in [0.25, 0.3) is 0 Å². The number of hydrogen-bond donors (Lipinski definition) is 1. The van der Waals surface area contributed by atoms with Crippen LogP contribution in [0.15, 0.2) is 24.3 Å². The van der Waals surface area contributed by atoms with Gasteiger partial charge in [0.1, 0.15) is 0 Å². The van der Waals surface area contributed by atoms with Gasteiger partial charge in [-0.2, -0.15) is 0 Å². The van der Waals surface area contributed by atoms with Gasteiger partial charge in [0.25, 0.3) is 0 Å². The Labute approximate surface area is 133 Å². The fourth-order valence-electron chi connectivity index (χ4n) is 2.63. The number of nitrogens with zero attached hydrogens (tertiary/aromatic N) is 2. The van der Waals surface area contributed by atoms with Crippen LogP contribution in [0.4, 0.5) is 5.69 Å². The van der Waals surface area contributed by atoms with Crippen molar-refractivity contribution in [3.63, 3.8) is 0 Å². The molecule has 1 fully saturated rings. The summed E-state index contributed by atoms with van der Waals surface area (Å²) in [5.41, 5.74) is 8.31. The number of ether oxygens (including phenoxy) is 1. The maximum absolute atomic E-state index is 12.3. The minimum atomic E-state index is -0.444. The summed E-state index contributed by atoms with van der Waals surface area (Å²) in [5, 5.41) is 0. The van der Waals surface area contributed by atoms with E-state index in [9.17, 15) is 4.79 Å². The lowest BCUT2D eigenvalue weighted by molar-refractivity contribution is -0.132. The number of anilines is 1. The SMILES string of the molecule is CC(C)[C@H](N)C(=O)N(C)Cc1ccccc1N1CCOCC1. The number of nitrogens with two attached hydrogens (primary N) is 1. The molecule has 0 unspecified atom stereocenters. The summed E-state index contributed by atoms with van der Waals surface area (Å²) >= 11 is 0. The summed E-state index contributed by atoms with van der Waals surface area (Å²) in [7, 11) is 1.82. The van der Waals surface area contributed by atoms with Crippen molar-refractivity contribution < 1.29 is 9.53 Å². The van der Waals surface area contributed by atoms with Gasteiger partial charge in [0.15, 0.2) is 0 Å². The molecule has 122 valence electrons. The Kier molecular flexibility index (Phi) is 5.80. The van der Waals surface area contributed by atoms with Gasteiger partial charge in [-0.25, -0.2) is 0 Å². The molecule has 2 N–H and O–H groups in total. The molecule has 2 rings (SSSR count). The first-order valence-electron chi connectivity index (χ1n) is 7.92. The zero-order chi connectivity index (χ0) is 16.1. The third-order valence-electron chi connectivity index (χ3n) is 4.13. The first-order valence-corrected chi connectivity index (χ1v) is 7.92. The minimum absolute atomic E-state index is 0.00761. The van der Waals surface area contributed by atoms with Crippen LogP contribution < -0.4 is 10.6 Å². The van der Waals surface area contributed by atoms with Gasteiger partial charge in [-0.15, -0.1) is 0 Å². The molecule has 1 aromatic carbocycles. The number of benzene rings is 1. The molecule has 0 spiro atoms. The van der Waals surface area contributed by atoms with Gasteiger partial charge in [-0.1, -0.05) is 32.0 Å². The molecule has 1 saturated heterocycles. The molecule has 1 aromatic rings. The van der Waals surface area contributed by atoms with Crippen LogP contribution in [0.1, 0.15) is 19.4 Å². The maximum atomic E-state index is 12.3. The average molecular weight is 305 g/mol. The predicted octanol–water partition coefficient (Wildman–Crippen LogP) is 1.46. The maximum Gasteiger partial charge on any atom is 0.239 e. The summed E-state index contributed by atoms with van der Waals surface area (Å²) in [6.07, 6.45) is 0. The number of likely N-dealkylation sites (N-methyl/N-ethyl adjacent to an activating group) is 1. The lowest BCUT2D eigenvalue weighted by Gasteiger charge is -2.32. The number of carbonyl (C=O) groups excluding carboxylic acids is 1. The van der Waals surface area contributed by atoms with E-state index in [1.807, 2.05) is 33.0 Å². The normalized spacial score (nSPS) is 16.7. The molecule has 1 amide bonds. The number of para-hydroxylation sites is 1. The topological polar surface area (TPSA) is 58.8 Å². The second kappa shape index (κ2) is 7.61. The summed E-state index contributed by atoms with van der Waals surface area (Å²) < 4.78 is 5.42. The van der Waals surface area contributed by atoms with Gasteiger partial charge < -0.3 is 20.3 Å². The van der Waals surface area contributed by atoms with E-state index < -0.39 is 6.04 Å². The molecule has 1 aliphatic rings. The third kappa shape index (κ3) is 3.99. The quantitative estimate of drug-likeness (QED) is 0.895. The number of amides is 1. The van der Waals surface area contributed by atoms with E-state index in [1.165, 1.54) is 5.69 Å². The van der Waals surface area contributed by atoms with Gasteiger partial charge in [0.05, 0.1) is 19.3 Å². The van der Waals surface area contributed by atoms with Crippen LogP contribution in [-0.4, -0.2) is 50.2 Å². The lowest BCUT2D eigenvalue weighted by atomic mass is 10.0. The van der Waals surface area contributed by atoms with E-state index in [1.54, 1.807) is 4.90 Å². The smallest absolute Gasteiger partial charge is 0.239 e. The number of rotatable bonds is 5. The largest absolute Gasteiger partial charge is 0.378 e. The van der Waals surface area contributed by atoms with E-state index in [0.29, 0.717) is 6.54 Å². The fourth-order valence-corrected chi connectivity index (χ4v) is 2.63. The molecule has 1 atom stereocenters. The molecule has 0 aromatic heterocycles. The molecule has 5 heteroatoms. The molecule has 22 heavy (non-hydrogen) atoms. The number of hydrogen-bond acceptors (Lipinski definition) is 4. The summed E-state index contributed by atoms with van der Waals surface area (Å²) in [6.45, 7) is 7.80. The van der Waals surface area contributed by atoms with Crippen LogP contribution in [0, 0.1) is 5.92 Å². The Hall–Kier alpha value is -1.59. The van der Waals surface area contributed by atoms with E-state index in [-0.39, 0.29) is 11.8 Å². The first-order chi connectivity index (χ1) is 10.5. The van der Waals surface area contributed by atoms with Crippen molar-refractivity contribution in [2.75, 3.05) is 38.3 Å². The highest BCUT2D eigenvalue weighted by Crippen LogP contribution is 2.23. The van der Waals surface area contributed by atoms with Crippen molar-refractivity contribution in [2.45, 2.75) is 26.4 Å². The Bertz CT molecular complexity index is 498. The summed E-state index contributed by atoms with van der Waals surface area (Å²) in [5.74, 6) is 0.135. The van der Waals surface area contributed by atoms with E-state index in [2.05, 4.69) is 17.0 Å². The first kappa shape index (κ1) is 16.8. The fraction of sp³-hybridized carbons (Fsp3) is 0.588. The molecule has 5 nitrogen and oxygen atoms in total. The van der Waals surface area contributed by atoms with Gasteiger partial charge in [0.2, 0.25) is 5.91 Å². The Balaban J connectivity index is 2.10. The van der Waals surface area contributed by atoms with Crippen LogP contribution in [-0.2, 0) is 16.1 Å². The predicted molar refractivity (Wildman–Crippen MR) is 88.8 cm³/mol. The van der Waals surface area contributed by atoms with Crippen molar-refractivity contribution >= 4 is 11.6 Å². The highest BCUT2D eigenvalue weighted by Gasteiger charge is 2.22. The highest BCUT2D eigenvalue weighted by molar-refractivity contribution is 5.81. The molecule has 0 radical (unpaired) electrons. The molecule has 0 aliphatic carbocycles. The molecular weight excluding hydrogens is 278 g/mol. The molecule has 0 saturated carbocycles. The van der Waals surface area contributed by atoms with E-state index >= 15 is 0 Å². The third-order valence-corrected chi connectivity index (χ3v) is 4.13. The van der Waals surface area contributed by atoms with Crippen molar-refractivity contribution in [3.05, 3.63) is 29.8 Å². The monoisotopic (exact) mass is 305 g/mol. The van der Waals surface area contributed by atoms with E-state index in [0.717, 1.165) is 31.9 Å². The van der Waals surface area contributed by atoms with Gasteiger partial charge in [-0.05, 0) is 17.5 Å². The van der Waals surface area contributed by atoms with Gasteiger partial charge in [0, 0.05) is 32.4 Å². The molecule has 0 bridgehead atoms. The van der Waals surface area contributed by atoms with Crippen LogP contribution in [0.5, 0.6) is 0 Å². The van der Waals surface area contributed by atoms with Crippen molar-refractivity contribution in [3.8, 4) is 0 Å². The standard InChI is InChI=1S/C17H27N3O2/c1-13(2)16(18)17(21)19(3)12-14-6-4-5-7-15(14)20-8-10-22-11-9-20/h4-7,13,16H,8-12,18H2,1-3H3/t16-/m0/s1. The van der Waals surface area contributed by atoms with E-state index in [4.69, 9.17) is 10.5 Å². The zero-order valence-corrected chi connectivity index (χ0v) is 13.8. The summed E-state index contributed by atoms with van der Waals surface area (Å²) in [4.78, 5) is 16.4. The second-order valence-corrected chi connectivity index (χ2v) is 6.19. The second-order valence-electron chi connectivity index (χ2n) is 6.19. The van der Waals surface area contributed by atoms with Crippen molar-refractivity contribution in [2.24, 2.45) is 11.7 Å². The Morgan fingerprint density at radius 3 is 2.59 bits per heavy atom. The zero-order valence-electron chi connectivity index (χ0n) is 13.8. The average Bonchev–Trinajstić information content (AvgIpc) is 2.54. The molecular formula is C17H27N3O2. The van der Waals surface area contributed by atoms with Crippen LogP contribution in [0.2, 0.25) is 0 Å². The Morgan fingerprint density at radius 2 is 1.95 bits per heavy atom. The van der Waals surface area contributed by atoms with Crippen LogP contribution >= 0.6 is 0 Å².